The maximum atomic E-state index is 12.1. The predicted octanol–water partition coefficient (Wildman–Crippen LogP) is 2.54. The van der Waals surface area contributed by atoms with E-state index in [2.05, 4.69) is 27.0 Å². The first-order chi connectivity index (χ1) is 11.7. The SMILES string of the molecule is CCNC(=NCc1cccs1)NCCNC(=O)c1cccc(C)c1. The molecule has 6 heteroatoms. The first kappa shape index (κ1) is 18.0. The van der Waals surface area contributed by atoms with E-state index >= 15 is 0 Å². The van der Waals surface area contributed by atoms with Crippen molar-refractivity contribution in [2.24, 2.45) is 4.99 Å². The molecule has 0 aliphatic carbocycles. The summed E-state index contributed by atoms with van der Waals surface area (Å²) in [7, 11) is 0. The Kier molecular flexibility index (Phi) is 7.29. The molecule has 0 bridgehead atoms. The third-order valence-corrected chi connectivity index (χ3v) is 4.16. The van der Waals surface area contributed by atoms with Gasteiger partial charge in [-0.2, -0.15) is 0 Å². The fraction of sp³-hybridized carbons (Fsp3) is 0.333. The highest BCUT2D eigenvalue weighted by Gasteiger charge is 2.04. The molecule has 24 heavy (non-hydrogen) atoms. The van der Waals surface area contributed by atoms with E-state index in [4.69, 9.17) is 0 Å². The third-order valence-electron chi connectivity index (χ3n) is 3.30. The maximum Gasteiger partial charge on any atom is 0.251 e. The van der Waals surface area contributed by atoms with Gasteiger partial charge in [-0.3, -0.25) is 4.79 Å². The molecule has 0 radical (unpaired) electrons. The number of aliphatic imine (C=N–C) groups is 1. The molecule has 2 rings (SSSR count). The standard InChI is InChI=1S/C18H24N4OS/c1-3-19-18(22-13-16-8-5-11-24-16)21-10-9-20-17(23)15-7-4-6-14(2)12-15/h4-8,11-12H,3,9-10,13H2,1-2H3,(H,20,23)(H2,19,21,22). The molecule has 1 heterocycles. The van der Waals surface area contributed by atoms with Crippen LogP contribution >= 0.6 is 11.3 Å². The van der Waals surface area contributed by atoms with Gasteiger partial charge in [0.2, 0.25) is 0 Å². The van der Waals surface area contributed by atoms with Crippen LogP contribution in [0.1, 0.15) is 27.7 Å². The fourth-order valence-electron chi connectivity index (χ4n) is 2.15. The Morgan fingerprint density at radius 1 is 1.12 bits per heavy atom. The minimum atomic E-state index is -0.0546. The van der Waals surface area contributed by atoms with Gasteiger partial charge in [-0.1, -0.05) is 23.8 Å². The summed E-state index contributed by atoms with van der Waals surface area (Å²) in [6.45, 7) is 6.62. The van der Waals surface area contributed by atoms with Crippen LogP contribution in [0.3, 0.4) is 0 Å². The lowest BCUT2D eigenvalue weighted by Gasteiger charge is -2.12. The van der Waals surface area contributed by atoms with E-state index in [1.807, 2.05) is 49.6 Å². The van der Waals surface area contributed by atoms with Gasteiger partial charge in [0.15, 0.2) is 5.96 Å². The maximum absolute atomic E-state index is 12.1. The zero-order chi connectivity index (χ0) is 17.2. The number of nitrogens with zero attached hydrogens (tertiary/aromatic N) is 1. The van der Waals surface area contributed by atoms with Crippen molar-refractivity contribution in [3.8, 4) is 0 Å². The lowest BCUT2D eigenvalue weighted by atomic mass is 10.1. The lowest BCUT2D eigenvalue weighted by Crippen LogP contribution is -2.41. The minimum absolute atomic E-state index is 0.0546. The molecule has 5 nitrogen and oxygen atoms in total. The second kappa shape index (κ2) is 9.72. The Labute approximate surface area is 147 Å². The summed E-state index contributed by atoms with van der Waals surface area (Å²) in [5, 5.41) is 11.4. The fourth-order valence-corrected chi connectivity index (χ4v) is 2.77. The molecule has 0 fully saturated rings. The number of thiophene rings is 1. The number of rotatable bonds is 7. The first-order valence-electron chi connectivity index (χ1n) is 8.08. The van der Waals surface area contributed by atoms with Crippen molar-refractivity contribution in [3.63, 3.8) is 0 Å². The second-order valence-corrected chi connectivity index (χ2v) is 6.36. The number of nitrogens with one attached hydrogen (secondary N) is 3. The molecule has 1 amide bonds. The van der Waals surface area contributed by atoms with Gasteiger partial charge in [0.05, 0.1) is 6.54 Å². The average molecular weight is 344 g/mol. The molecular formula is C18H24N4OS. The van der Waals surface area contributed by atoms with Gasteiger partial charge in [-0.15, -0.1) is 11.3 Å². The molecule has 128 valence electrons. The Balaban J connectivity index is 1.76. The summed E-state index contributed by atoms with van der Waals surface area (Å²) in [6, 6.07) is 11.7. The molecule has 1 aromatic heterocycles. The molecule has 0 unspecified atom stereocenters. The Morgan fingerprint density at radius 3 is 2.67 bits per heavy atom. The van der Waals surface area contributed by atoms with Crippen LogP contribution in [0.15, 0.2) is 46.8 Å². The van der Waals surface area contributed by atoms with E-state index in [1.54, 1.807) is 11.3 Å². The van der Waals surface area contributed by atoms with Crippen LogP contribution in [0.2, 0.25) is 0 Å². The molecule has 3 N–H and O–H groups in total. The van der Waals surface area contributed by atoms with Gasteiger partial charge >= 0.3 is 0 Å². The minimum Gasteiger partial charge on any atom is -0.357 e. The number of hydrogen-bond donors (Lipinski definition) is 3. The van der Waals surface area contributed by atoms with Gasteiger partial charge in [-0.25, -0.2) is 4.99 Å². The lowest BCUT2D eigenvalue weighted by molar-refractivity contribution is 0.0954. The van der Waals surface area contributed by atoms with Crippen LogP contribution in [0.5, 0.6) is 0 Å². The number of hydrogen-bond acceptors (Lipinski definition) is 3. The van der Waals surface area contributed by atoms with E-state index in [9.17, 15) is 4.79 Å². The van der Waals surface area contributed by atoms with Crippen molar-refractivity contribution >= 4 is 23.2 Å². The van der Waals surface area contributed by atoms with E-state index < -0.39 is 0 Å². The molecule has 0 aliphatic rings. The molecule has 0 aliphatic heterocycles. The summed E-state index contributed by atoms with van der Waals surface area (Å²) < 4.78 is 0. The first-order valence-corrected chi connectivity index (χ1v) is 8.96. The van der Waals surface area contributed by atoms with Crippen LogP contribution < -0.4 is 16.0 Å². The van der Waals surface area contributed by atoms with Crippen molar-refractivity contribution in [2.75, 3.05) is 19.6 Å². The Morgan fingerprint density at radius 2 is 1.96 bits per heavy atom. The number of benzene rings is 1. The van der Waals surface area contributed by atoms with Crippen LogP contribution in [-0.4, -0.2) is 31.5 Å². The highest BCUT2D eigenvalue weighted by Crippen LogP contribution is 2.09. The number of guanidine groups is 1. The second-order valence-electron chi connectivity index (χ2n) is 5.33. The molecule has 1 aromatic carbocycles. The Hall–Kier alpha value is -2.34. The average Bonchev–Trinajstić information content (AvgIpc) is 3.09. The van der Waals surface area contributed by atoms with Crippen molar-refractivity contribution in [3.05, 3.63) is 57.8 Å². The topological polar surface area (TPSA) is 65.5 Å². The summed E-state index contributed by atoms with van der Waals surface area (Å²) in [6.07, 6.45) is 0. The molecule has 2 aromatic rings. The zero-order valence-electron chi connectivity index (χ0n) is 14.1. The van der Waals surface area contributed by atoms with E-state index in [0.717, 1.165) is 18.1 Å². The van der Waals surface area contributed by atoms with Crippen molar-refractivity contribution in [2.45, 2.75) is 20.4 Å². The van der Waals surface area contributed by atoms with Gasteiger partial charge in [0.1, 0.15) is 0 Å². The van der Waals surface area contributed by atoms with Crippen LogP contribution in [0.4, 0.5) is 0 Å². The highest BCUT2D eigenvalue weighted by molar-refractivity contribution is 7.09. The van der Waals surface area contributed by atoms with Gasteiger partial charge in [0.25, 0.3) is 5.91 Å². The molecule has 0 spiro atoms. The summed E-state index contributed by atoms with van der Waals surface area (Å²) in [5.41, 5.74) is 1.77. The van der Waals surface area contributed by atoms with Gasteiger partial charge < -0.3 is 16.0 Å². The summed E-state index contributed by atoms with van der Waals surface area (Å²) in [4.78, 5) is 17.8. The van der Waals surface area contributed by atoms with Gasteiger partial charge in [0, 0.05) is 30.1 Å². The van der Waals surface area contributed by atoms with Crippen molar-refractivity contribution in [1.29, 1.82) is 0 Å². The highest BCUT2D eigenvalue weighted by atomic mass is 32.1. The third kappa shape index (κ3) is 6.04. The number of carbonyl (C=O) groups excluding carboxylic acids is 1. The Bertz CT molecular complexity index is 667. The predicted molar refractivity (Wildman–Crippen MR) is 101 cm³/mol. The van der Waals surface area contributed by atoms with Crippen molar-refractivity contribution < 1.29 is 4.79 Å². The quantitative estimate of drug-likeness (QED) is 0.411. The van der Waals surface area contributed by atoms with Crippen LogP contribution in [0, 0.1) is 6.92 Å². The number of amides is 1. The van der Waals surface area contributed by atoms with Crippen molar-refractivity contribution in [1.82, 2.24) is 16.0 Å². The summed E-state index contributed by atoms with van der Waals surface area (Å²) in [5.74, 6) is 0.705. The molecular weight excluding hydrogens is 320 g/mol. The van der Waals surface area contributed by atoms with E-state index in [-0.39, 0.29) is 5.91 Å². The van der Waals surface area contributed by atoms with E-state index in [0.29, 0.717) is 25.2 Å². The molecule has 0 saturated carbocycles. The largest absolute Gasteiger partial charge is 0.357 e. The smallest absolute Gasteiger partial charge is 0.251 e. The molecule has 0 atom stereocenters. The number of carbonyl (C=O) groups is 1. The number of aryl methyl sites for hydroxylation is 1. The monoisotopic (exact) mass is 344 g/mol. The van der Waals surface area contributed by atoms with Gasteiger partial charge in [-0.05, 0) is 37.4 Å². The van der Waals surface area contributed by atoms with E-state index in [1.165, 1.54) is 4.88 Å². The molecule has 0 saturated heterocycles. The summed E-state index contributed by atoms with van der Waals surface area (Å²) >= 11 is 1.69. The van der Waals surface area contributed by atoms with Crippen LogP contribution in [-0.2, 0) is 6.54 Å². The normalized spacial score (nSPS) is 11.2. The zero-order valence-corrected chi connectivity index (χ0v) is 15.0. The van der Waals surface area contributed by atoms with Crippen LogP contribution in [0.25, 0.3) is 0 Å².